The molecule has 0 radical (unpaired) electrons. The summed E-state index contributed by atoms with van der Waals surface area (Å²) >= 11 is 0. The van der Waals surface area contributed by atoms with E-state index in [1.54, 1.807) is 26.0 Å². The van der Waals surface area contributed by atoms with Crippen molar-refractivity contribution in [2.24, 2.45) is 5.92 Å². The number of aromatic amines is 1. The zero-order valence-corrected chi connectivity index (χ0v) is 15.7. The number of aryl methyl sites for hydroxylation is 2. The third-order valence-corrected chi connectivity index (χ3v) is 4.57. The van der Waals surface area contributed by atoms with Gasteiger partial charge in [-0.2, -0.15) is 5.10 Å². The summed E-state index contributed by atoms with van der Waals surface area (Å²) in [6.07, 6.45) is -0.0877. The van der Waals surface area contributed by atoms with Crippen molar-refractivity contribution in [3.05, 3.63) is 63.1 Å². The minimum absolute atomic E-state index is 0.0877. The van der Waals surface area contributed by atoms with Gasteiger partial charge in [0.2, 0.25) is 11.7 Å². The fourth-order valence-electron chi connectivity index (χ4n) is 3.11. The summed E-state index contributed by atoms with van der Waals surface area (Å²) in [5.41, 5.74) is 1.33. The van der Waals surface area contributed by atoms with E-state index in [4.69, 9.17) is 0 Å². The van der Waals surface area contributed by atoms with Crippen LogP contribution in [0.25, 0.3) is 5.78 Å². The Hall–Kier alpha value is -3.03. The number of halogens is 1. The first-order chi connectivity index (χ1) is 12.8. The number of H-pyrrole nitrogens is 1. The van der Waals surface area contributed by atoms with E-state index in [0.717, 1.165) is 5.56 Å². The van der Waals surface area contributed by atoms with Gasteiger partial charge in [0.1, 0.15) is 11.6 Å². The average molecular weight is 371 g/mol. The highest BCUT2D eigenvalue weighted by Gasteiger charge is 2.21. The van der Waals surface area contributed by atoms with Crippen LogP contribution in [0, 0.1) is 25.6 Å². The number of rotatable bonds is 5. The van der Waals surface area contributed by atoms with Gasteiger partial charge in [-0.1, -0.05) is 26.0 Å². The molecule has 1 unspecified atom stereocenters. The Morgan fingerprint density at radius 3 is 2.56 bits per heavy atom. The smallest absolute Gasteiger partial charge is 0.264 e. The summed E-state index contributed by atoms with van der Waals surface area (Å²) in [6, 6.07) is 5.76. The number of nitrogens with one attached hydrogen (secondary N) is 2. The number of carbonyl (C=O) groups excluding carboxylic acids is 1. The average Bonchev–Trinajstić information content (AvgIpc) is 2.98. The fourth-order valence-corrected chi connectivity index (χ4v) is 3.11. The number of hydrogen-bond acceptors (Lipinski definition) is 4. The topological polar surface area (TPSA) is 92.2 Å². The minimum atomic E-state index is -0.328. The highest BCUT2D eigenvalue weighted by molar-refractivity contribution is 5.79. The monoisotopic (exact) mass is 371 g/mol. The molecule has 0 spiro atoms. The van der Waals surface area contributed by atoms with Crippen molar-refractivity contribution in [1.82, 2.24) is 24.9 Å². The van der Waals surface area contributed by atoms with Crippen LogP contribution in [0.2, 0.25) is 0 Å². The van der Waals surface area contributed by atoms with Crippen molar-refractivity contribution in [1.29, 1.82) is 0 Å². The van der Waals surface area contributed by atoms with Crippen molar-refractivity contribution >= 4 is 11.7 Å². The van der Waals surface area contributed by atoms with Crippen LogP contribution >= 0.6 is 0 Å². The second-order valence-electron chi connectivity index (χ2n) is 6.93. The number of amides is 1. The number of hydrogen-bond donors (Lipinski definition) is 2. The van der Waals surface area contributed by atoms with Crippen molar-refractivity contribution in [3.63, 3.8) is 0 Å². The van der Waals surface area contributed by atoms with Crippen molar-refractivity contribution in [2.45, 2.75) is 40.2 Å². The van der Waals surface area contributed by atoms with Crippen LogP contribution in [0.4, 0.5) is 4.39 Å². The number of nitrogens with zero attached hydrogens (tertiary/aromatic N) is 3. The lowest BCUT2D eigenvalue weighted by molar-refractivity contribution is -0.121. The fraction of sp³-hybridized carbons (Fsp3) is 0.368. The van der Waals surface area contributed by atoms with Gasteiger partial charge in [-0.15, -0.1) is 0 Å². The number of fused-ring (bicyclic) bond motifs is 1. The van der Waals surface area contributed by atoms with E-state index >= 15 is 0 Å². The molecule has 8 heteroatoms. The van der Waals surface area contributed by atoms with Crippen LogP contribution in [0.15, 0.2) is 29.1 Å². The molecule has 2 N–H and O–H groups in total. The zero-order valence-electron chi connectivity index (χ0n) is 15.7. The first-order valence-corrected chi connectivity index (χ1v) is 8.76. The normalized spacial score (nSPS) is 12.5. The maximum Gasteiger partial charge on any atom is 0.264 e. The molecule has 1 aromatic carbocycles. The van der Waals surface area contributed by atoms with Gasteiger partial charge in [-0.3, -0.25) is 9.59 Å². The van der Waals surface area contributed by atoms with Gasteiger partial charge in [0.05, 0.1) is 18.2 Å². The van der Waals surface area contributed by atoms with Gasteiger partial charge >= 0.3 is 0 Å². The van der Waals surface area contributed by atoms with E-state index in [1.807, 2.05) is 13.8 Å². The van der Waals surface area contributed by atoms with Gasteiger partial charge in [0.25, 0.3) is 5.56 Å². The van der Waals surface area contributed by atoms with Crippen LogP contribution in [-0.4, -0.2) is 25.5 Å². The molecule has 0 bridgehead atoms. The predicted octanol–water partition coefficient (Wildman–Crippen LogP) is 2.23. The highest BCUT2D eigenvalue weighted by atomic mass is 19.1. The molecule has 2 aromatic heterocycles. The van der Waals surface area contributed by atoms with Gasteiger partial charge in [0.15, 0.2) is 0 Å². The first-order valence-electron chi connectivity index (χ1n) is 8.76. The first kappa shape index (κ1) is 18.8. The molecule has 3 aromatic rings. The van der Waals surface area contributed by atoms with E-state index in [9.17, 15) is 14.0 Å². The molecule has 1 atom stereocenters. The Labute approximate surface area is 155 Å². The Kier molecular flexibility index (Phi) is 5.07. The lowest BCUT2D eigenvalue weighted by atomic mass is 9.95. The number of aromatic nitrogens is 4. The quantitative estimate of drug-likeness (QED) is 0.719. The Bertz CT molecular complexity index is 1040. The van der Waals surface area contributed by atoms with Gasteiger partial charge in [0, 0.05) is 5.56 Å². The molecule has 2 heterocycles. The van der Waals surface area contributed by atoms with Gasteiger partial charge < -0.3 is 5.32 Å². The lowest BCUT2D eigenvalue weighted by Gasteiger charge is -2.23. The van der Waals surface area contributed by atoms with Crippen LogP contribution < -0.4 is 10.9 Å². The van der Waals surface area contributed by atoms with E-state index in [0.29, 0.717) is 22.9 Å². The van der Waals surface area contributed by atoms with Crippen LogP contribution in [-0.2, 0) is 11.2 Å². The van der Waals surface area contributed by atoms with Gasteiger partial charge in [-0.25, -0.2) is 18.9 Å². The summed E-state index contributed by atoms with van der Waals surface area (Å²) in [5, 5.41) is 9.63. The molecule has 3 rings (SSSR count). The number of benzene rings is 1. The maximum absolute atomic E-state index is 13.2. The van der Waals surface area contributed by atoms with Crippen LogP contribution in [0.1, 0.15) is 42.5 Å². The van der Waals surface area contributed by atoms with E-state index < -0.39 is 0 Å². The summed E-state index contributed by atoms with van der Waals surface area (Å²) in [7, 11) is 0. The summed E-state index contributed by atoms with van der Waals surface area (Å²) in [6.45, 7) is 7.32. The molecule has 27 heavy (non-hydrogen) atoms. The molecule has 0 saturated heterocycles. The molecule has 0 aliphatic carbocycles. The van der Waals surface area contributed by atoms with Crippen molar-refractivity contribution in [3.8, 4) is 0 Å². The second-order valence-corrected chi connectivity index (χ2v) is 6.93. The largest absolute Gasteiger partial charge is 0.349 e. The summed E-state index contributed by atoms with van der Waals surface area (Å²) in [5.74, 6) is 0.312. The summed E-state index contributed by atoms with van der Waals surface area (Å²) in [4.78, 5) is 29.7. The van der Waals surface area contributed by atoms with E-state index in [-0.39, 0.29) is 35.7 Å². The summed E-state index contributed by atoms with van der Waals surface area (Å²) < 4.78 is 14.5. The molecular formula is C19H22FN5O2. The third kappa shape index (κ3) is 3.74. The molecule has 7 nitrogen and oxygen atoms in total. The van der Waals surface area contributed by atoms with E-state index in [1.165, 1.54) is 16.5 Å². The lowest BCUT2D eigenvalue weighted by Crippen LogP contribution is -2.35. The third-order valence-electron chi connectivity index (χ3n) is 4.57. The SMILES string of the molecule is Cc1nc2[nH]nc(C)n2c(=O)c1CC(=O)NC(c1ccc(F)cc1)C(C)C. The predicted molar refractivity (Wildman–Crippen MR) is 98.9 cm³/mol. The molecule has 0 aliphatic rings. The Morgan fingerprint density at radius 2 is 1.93 bits per heavy atom. The van der Waals surface area contributed by atoms with Crippen LogP contribution in [0.5, 0.6) is 0 Å². The Morgan fingerprint density at radius 1 is 1.26 bits per heavy atom. The van der Waals surface area contributed by atoms with Gasteiger partial charge in [-0.05, 0) is 37.5 Å². The second kappa shape index (κ2) is 7.30. The minimum Gasteiger partial charge on any atom is -0.349 e. The molecular weight excluding hydrogens is 349 g/mol. The molecule has 142 valence electrons. The molecule has 0 aliphatic heterocycles. The standard InChI is InChI=1S/C19H22FN5O2/c1-10(2)17(13-5-7-14(20)8-6-13)22-16(26)9-15-11(3)21-19-24-23-12(4)25(19)18(15)27/h5-8,10,17H,9H2,1-4H3,(H,21,24)(H,22,26). The van der Waals surface area contributed by atoms with E-state index in [2.05, 4.69) is 20.5 Å². The Balaban J connectivity index is 1.86. The molecule has 0 saturated carbocycles. The highest BCUT2D eigenvalue weighted by Crippen LogP contribution is 2.22. The maximum atomic E-state index is 13.2. The van der Waals surface area contributed by atoms with Crippen LogP contribution in [0.3, 0.4) is 0 Å². The molecule has 0 fully saturated rings. The zero-order chi connectivity index (χ0) is 19.7. The number of carbonyl (C=O) groups is 1. The molecule has 1 amide bonds. The van der Waals surface area contributed by atoms with Crippen molar-refractivity contribution in [2.75, 3.05) is 0 Å². The van der Waals surface area contributed by atoms with Crippen molar-refractivity contribution < 1.29 is 9.18 Å².